The SMILES string of the molecule is FC(F)(F)c1cc(-c2ccc(-c3nc(-c4ccccc4)nc(-c4ccccc4)n3)c(-n3c4ccccc4c4cc(-c5ccccc5)ccc43)c2)cc(C(F)(F)F)c1. The van der Waals surface area contributed by atoms with Gasteiger partial charge in [-0.15, -0.1) is 0 Å². The number of nitrogens with zero attached hydrogens (tertiary/aromatic N) is 4. The molecule has 0 bridgehead atoms. The molecule has 0 aliphatic carbocycles. The molecule has 4 nitrogen and oxygen atoms in total. The van der Waals surface area contributed by atoms with Gasteiger partial charge in [0.1, 0.15) is 0 Å². The van der Waals surface area contributed by atoms with E-state index in [2.05, 4.69) is 6.07 Å². The highest BCUT2D eigenvalue weighted by Gasteiger charge is 2.37. The van der Waals surface area contributed by atoms with Crippen LogP contribution >= 0.6 is 0 Å². The Morgan fingerprint density at radius 1 is 0.351 bits per heavy atom. The summed E-state index contributed by atoms with van der Waals surface area (Å²) in [7, 11) is 0. The zero-order valence-electron chi connectivity index (χ0n) is 29.7. The van der Waals surface area contributed by atoms with Crippen LogP contribution < -0.4 is 0 Å². The average Bonchev–Trinajstić information content (AvgIpc) is 3.57. The molecule has 10 heteroatoms. The van der Waals surface area contributed by atoms with Crippen LogP contribution in [0.1, 0.15) is 11.1 Å². The number of hydrogen-bond donors (Lipinski definition) is 0. The molecular formula is C47H28F6N4. The first-order chi connectivity index (χ1) is 27.5. The van der Waals surface area contributed by atoms with Gasteiger partial charge in [0, 0.05) is 27.5 Å². The lowest BCUT2D eigenvalue weighted by Crippen LogP contribution is -2.11. The first-order valence-corrected chi connectivity index (χ1v) is 17.9. The number of para-hydroxylation sites is 1. The Hall–Kier alpha value is -7.07. The van der Waals surface area contributed by atoms with E-state index in [9.17, 15) is 26.3 Å². The van der Waals surface area contributed by atoms with Crippen molar-refractivity contribution in [3.05, 3.63) is 181 Å². The smallest absolute Gasteiger partial charge is 0.308 e. The van der Waals surface area contributed by atoms with Gasteiger partial charge in [-0.3, -0.25) is 0 Å². The van der Waals surface area contributed by atoms with Crippen molar-refractivity contribution in [3.8, 4) is 62.1 Å². The second-order valence-electron chi connectivity index (χ2n) is 13.5. The normalized spacial score (nSPS) is 12.0. The molecule has 0 radical (unpaired) electrons. The Bertz CT molecular complexity index is 2830. The van der Waals surface area contributed by atoms with Crippen molar-refractivity contribution >= 4 is 21.8 Å². The molecule has 57 heavy (non-hydrogen) atoms. The standard InChI is InChI=1S/C47H28F6N4/c48-46(49,50)35-24-34(25-36(28-35)47(51,52)53)33-20-22-38(45-55-43(30-14-6-2-7-15-30)54-44(56-45)31-16-8-3-9-17-31)42(27-33)57-40-19-11-10-18-37(40)39-26-32(21-23-41(39)57)29-12-4-1-5-13-29/h1-28H. The minimum Gasteiger partial charge on any atom is -0.308 e. The Morgan fingerprint density at radius 2 is 0.825 bits per heavy atom. The maximum Gasteiger partial charge on any atom is 0.416 e. The first kappa shape index (κ1) is 35.6. The van der Waals surface area contributed by atoms with Gasteiger partial charge >= 0.3 is 12.4 Å². The summed E-state index contributed by atoms with van der Waals surface area (Å²) < 4.78 is 86.6. The Morgan fingerprint density at radius 3 is 1.40 bits per heavy atom. The molecule has 0 saturated carbocycles. The second kappa shape index (κ2) is 13.9. The van der Waals surface area contributed by atoms with Gasteiger partial charge < -0.3 is 4.57 Å². The third-order valence-electron chi connectivity index (χ3n) is 9.88. The minimum atomic E-state index is -5.02. The number of alkyl halides is 6. The number of fused-ring (bicyclic) bond motifs is 3. The van der Waals surface area contributed by atoms with E-state index < -0.39 is 23.5 Å². The summed E-state index contributed by atoms with van der Waals surface area (Å²) in [5.74, 6) is 1.03. The fourth-order valence-electron chi connectivity index (χ4n) is 7.18. The monoisotopic (exact) mass is 762 g/mol. The molecule has 0 atom stereocenters. The lowest BCUT2D eigenvalue weighted by atomic mass is 9.97. The molecule has 9 aromatic rings. The van der Waals surface area contributed by atoms with Gasteiger partial charge in [0.2, 0.25) is 0 Å². The van der Waals surface area contributed by atoms with Crippen LogP contribution in [0.2, 0.25) is 0 Å². The van der Waals surface area contributed by atoms with Crippen molar-refractivity contribution in [1.29, 1.82) is 0 Å². The summed E-state index contributed by atoms with van der Waals surface area (Å²) in [6.07, 6.45) is -10.0. The maximum atomic E-state index is 14.1. The highest BCUT2D eigenvalue weighted by molar-refractivity contribution is 6.11. The highest BCUT2D eigenvalue weighted by Crippen LogP contribution is 2.42. The van der Waals surface area contributed by atoms with Gasteiger partial charge in [-0.05, 0) is 70.8 Å². The molecule has 2 aromatic heterocycles. The number of benzene rings is 7. The summed E-state index contributed by atoms with van der Waals surface area (Å²) in [6.45, 7) is 0. The van der Waals surface area contributed by atoms with Crippen LogP contribution in [0.4, 0.5) is 26.3 Å². The quantitative estimate of drug-likeness (QED) is 0.158. The molecule has 2 heterocycles. The Labute approximate surface area is 322 Å². The zero-order chi connectivity index (χ0) is 39.3. The summed E-state index contributed by atoms with van der Waals surface area (Å²) in [5, 5.41) is 1.79. The molecule has 0 spiro atoms. The fraction of sp³-hybridized carbons (Fsp3) is 0.0426. The van der Waals surface area contributed by atoms with E-state index in [0.717, 1.165) is 56.2 Å². The maximum absolute atomic E-state index is 14.1. The van der Waals surface area contributed by atoms with E-state index in [0.29, 0.717) is 22.9 Å². The van der Waals surface area contributed by atoms with Crippen molar-refractivity contribution in [1.82, 2.24) is 19.5 Å². The number of hydrogen-bond acceptors (Lipinski definition) is 3. The van der Waals surface area contributed by atoms with Crippen molar-refractivity contribution in [3.63, 3.8) is 0 Å². The van der Waals surface area contributed by atoms with Crippen LogP contribution in [-0.2, 0) is 12.4 Å². The van der Waals surface area contributed by atoms with E-state index in [-0.39, 0.29) is 23.0 Å². The topological polar surface area (TPSA) is 43.6 Å². The first-order valence-electron chi connectivity index (χ1n) is 17.9. The van der Waals surface area contributed by atoms with Gasteiger partial charge in [-0.1, -0.05) is 121 Å². The molecule has 0 fully saturated rings. The second-order valence-corrected chi connectivity index (χ2v) is 13.5. The fourth-order valence-corrected chi connectivity index (χ4v) is 7.18. The van der Waals surface area contributed by atoms with Gasteiger partial charge in [0.05, 0.1) is 27.8 Å². The predicted octanol–water partition coefficient (Wildman–Crippen LogP) is 13.3. The van der Waals surface area contributed by atoms with Crippen LogP contribution in [0.15, 0.2) is 170 Å². The molecule has 0 saturated heterocycles. The molecule has 278 valence electrons. The molecule has 0 unspecified atom stereocenters. The van der Waals surface area contributed by atoms with Crippen molar-refractivity contribution in [2.24, 2.45) is 0 Å². The molecule has 0 amide bonds. The van der Waals surface area contributed by atoms with Crippen molar-refractivity contribution in [2.45, 2.75) is 12.4 Å². The summed E-state index contributed by atoms with van der Waals surface area (Å²) >= 11 is 0. The third kappa shape index (κ3) is 6.80. The minimum absolute atomic E-state index is 0.136. The molecule has 0 aliphatic heterocycles. The van der Waals surface area contributed by atoms with Crippen LogP contribution in [0.25, 0.3) is 83.9 Å². The molecular weight excluding hydrogens is 735 g/mol. The van der Waals surface area contributed by atoms with Gasteiger partial charge in [-0.2, -0.15) is 26.3 Å². The van der Waals surface area contributed by atoms with E-state index in [1.807, 2.05) is 132 Å². The van der Waals surface area contributed by atoms with E-state index in [4.69, 9.17) is 15.0 Å². The van der Waals surface area contributed by atoms with Crippen molar-refractivity contribution < 1.29 is 26.3 Å². The van der Waals surface area contributed by atoms with Crippen LogP contribution in [-0.4, -0.2) is 19.5 Å². The number of aromatic nitrogens is 4. The third-order valence-corrected chi connectivity index (χ3v) is 9.88. The van der Waals surface area contributed by atoms with Gasteiger partial charge in [0.25, 0.3) is 0 Å². The summed E-state index contributed by atoms with van der Waals surface area (Å²) in [5.41, 5.74) is 2.97. The zero-order valence-corrected chi connectivity index (χ0v) is 29.7. The van der Waals surface area contributed by atoms with E-state index in [1.165, 1.54) is 6.07 Å². The molecule has 0 N–H and O–H groups in total. The number of halogens is 6. The van der Waals surface area contributed by atoms with Crippen LogP contribution in [0.3, 0.4) is 0 Å². The van der Waals surface area contributed by atoms with Crippen LogP contribution in [0.5, 0.6) is 0 Å². The molecule has 9 rings (SSSR count). The Kier molecular flexibility index (Phi) is 8.69. The number of rotatable bonds is 6. The largest absolute Gasteiger partial charge is 0.416 e. The van der Waals surface area contributed by atoms with Crippen LogP contribution in [0, 0.1) is 0 Å². The summed E-state index contributed by atoms with van der Waals surface area (Å²) in [4.78, 5) is 14.7. The summed E-state index contributed by atoms with van der Waals surface area (Å²) in [6, 6.07) is 48.8. The molecule has 0 aliphatic rings. The highest BCUT2D eigenvalue weighted by atomic mass is 19.4. The molecule has 7 aromatic carbocycles. The van der Waals surface area contributed by atoms with Gasteiger partial charge in [-0.25, -0.2) is 15.0 Å². The average molecular weight is 763 g/mol. The lowest BCUT2D eigenvalue weighted by molar-refractivity contribution is -0.143. The predicted molar refractivity (Wildman–Crippen MR) is 211 cm³/mol. The van der Waals surface area contributed by atoms with Crippen molar-refractivity contribution in [2.75, 3.05) is 0 Å². The van der Waals surface area contributed by atoms with E-state index >= 15 is 0 Å². The van der Waals surface area contributed by atoms with Gasteiger partial charge in [0.15, 0.2) is 17.5 Å². The lowest BCUT2D eigenvalue weighted by Gasteiger charge is -2.18. The Balaban J connectivity index is 1.36. The van der Waals surface area contributed by atoms with E-state index in [1.54, 1.807) is 12.1 Å².